The maximum Gasteiger partial charge on any atom is 0.213 e. The number of fused-ring (bicyclic) bond motifs is 3. The Morgan fingerprint density at radius 1 is 0.821 bits per heavy atom. The normalized spacial score (nSPS) is 18.4. The summed E-state index contributed by atoms with van der Waals surface area (Å²) in [6.07, 6.45) is 2.12. The Hall–Kier alpha value is -3.66. The average molecular weight is 366 g/mol. The van der Waals surface area contributed by atoms with Gasteiger partial charge in [0, 0.05) is 22.7 Å². The SMILES string of the molecule is O=CN1[C@H](c2ccccc2)c2ccc3cccnc3c2O[C@@H]1c1ccccc1. The highest BCUT2D eigenvalue weighted by Gasteiger charge is 2.37. The molecule has 0 spiro atoms. The molecule has 0 aliphatic carbocycles. The van der Waals surface area contributed by atoms with Crippen LogP contribution in [0.1, 0.15) is 29.0 Å². The molecule has 0 saturated carbocycles. The molecule has 0 radical (unpaired) electrons. The van der Waals surface area contributed by atoms with Crippen molar-refractivity contribution in [2.24, 2.45) is 0 Å². The summed E-state index contributed by atoms with van der Waals surface area (Å²) >= 11 is 0. The van der Waals surface area contributed by atoms with E-state index < -0.39 is 6.23 Å². The first-order chi connectivity index (χ1) is 13.9. The number of pyridine rings is 1. The molecule has 136 valence electrons. The van der Waals surface area contributed by atoms with E-state index >= 15 is 0 Å². The molecule has 4 nitrogen and oxygen atoms in total. The molecule has 1 aliphatic heterocycles. The number of benzene rings is 3. The molecule has 1 aromatic heterocycles. The van der Waals surface area contributed by atoms with Crippen molar-refractivity contribution in [3.8, 4) is 5.75 Å². The van der Waals surface area contributed by atoms with Gasteiger partial charge in [-0.3, -0.25) is 14.7 Å². The summed E-state index contributed by atoms with van der Waals surface area (Å²) in [6, 6.07) is 27.6. The van der Waals surface area contributed by atoms with Gasteiger partial charge in [-0.05, 0) is 11.6 Å². The molecule has 0 saturated heterocycles. The van der Waals surface area contributed by atoms with Crippen LogP contribution in [0.4, 0.5) is 0 Å². The van der Waals surface area contributed by atoms with E-state index in [4.69, 9.17) is 4.74 Å². The lowest BCUT2D eigenvalue weighted by atomic mass is 9.92. The Morgan fingerprint density at radius 3 is 2.25 bits per heavy atom. The minimum Gasteiger partial charge on any atom is -0.463 e. The van der Waals surface area contributed by atoms with Crippen LogP contribution in [0.25, 0.3) is 10.9 Å². The first kappa shape index (κ1) is 16.5. The van der Waals surface area contributed by atoms with E-state index in [-0.39, 0.29) is 6.04 Å². The van der Waals surface area contributed by atoms with E-state index in [1.165, 1.54) is 0 Å². The quantitative estimate of drug-likeness (QED) is 0.486. The van der Waals surface area contributed by atoms with Gasteiger partial charge in [0.15, 0.2) is 5.75 Å². The number of ether oxygens (including phenoxy) is 1. The van der Waals surface area contributed by atoms with Gasteiger partial charge in [0.1, 0.15) is 5.52 Å². The van der Waals surface area contributed by atoms with Gasteiger partial charge in [-0.2, -0.15) is 0 Å². The van der Waals surface area contributed by atoms with Crippen LogP contribution in [0.15, 0.2) is 91.1 Å². The summed E-state index contributed by atoms with van der Waals surface area (Å²) in [5.41, 5.74) is 3.72. The molecule has 4 aromatic rings. The zero-order chi connectivity index (χ0) is 18.9. The van der Waals surface area contributed by atoms with Gasteiger partial charge >= 0.3 is 0 Å². The van der Waals surface area contributed by atoms with Crippen molar-refractivity contribution in [3.05, 3.63) is 108 Å². The van der Waals surface area contributed by atoms with Crippen molar-refractivity contribution in [3.63, 3.8) is 0 Å². The summed E-state index contributed by atoms with van der Waals surface area (Å²) < 4.78 is 6.42. The Labute approximate surface area is 163 Å². The van der Waals surface area contributed by atoms with Crippen LogP contribution in [0, 0.1) is 0 Å². The summed E-state index contributed by atoms with van der Waals surface area (Å²) in [4.78, 5) is 18.5. The smallest absolute Gasteiger partial charge is 0.213 e. The van der Waals surface area contributed by atoms with Gasteiger partial charge in [0.25, 0.3) is 0 Å². The van der Waals surface area contributed by atoms with Crippen molar-refractivity contribution in [1.29, 1.82) is 0 Å². The first-order valence-corrected chi connectivity index (χ1v) is 9.24. The summed E-state index contributed by atoms with van der Waals surface area (Å²) in [6.45, 7) is 0. The lowest BCUT2D eigenvalue weighted by molar-refractivity contribution is -0.131. The number of rotatable bonds is 3. The standard InChI is InChI=1S/C24H18N2O2/c27-16-26-22(18-8-3-1-4-9-18)20-14-13-17-12-7-15-25-21(17)23(20)28-24(26)19-10-5-2-6-11-19/h1-16,22,24H/t22-,24-/m1/s1. The van der Waals surface area contributed by atoms with Gasteiger partial charge in [-0.1, -0.05) is 78.9 Å². The van der Waals surface area contributed by atoms with E-state index in [0.29, 0.717) is 0 Å². The van der Waals surface area contributed by atoms with Gasteiger partial charge < -0.3 is 4.74 Å². The number of hydrogen-bond acceptors (Lipinski definition) is 3. The Kier molecular flexibility index (Phi) is 4.02. The third kappa shape index (κ3) is 2.62. The molecule has 4 heteroatoms. The molecule has 0 fully saturated rings. The van der Waals surface area contributed by atoms with Crippen LogP contribution in [0.3, 0.4) is 0 Å². The number of carbonyl (C=O) groups is 1. The fourth-order valence-electron chi connectivity index (χ4n) is 3.90. The van der Waals surface area contributed by atoms with E-state index in [9.17, 15) is 4.79 Å². The molecular formula is C24H18N2O2. The van der Waals surface area contributed by atoms with Crippen molar-refractivity contribution in [2.75, 3.05) is 0 Å². The molecule has 3 aromatic carbocycles. The van der Waals surface area contributed by atoms with Crippen molar-refractivity contribution >= 4 is 17.3 Å². The van der Waals surface area contributed by atoms with Gasteiger partial charge in [0.2, 0.25) is 12.6 Å². The highest BCUT2D eigenvalue weighted by molar-refractivity contribution is 5.86. The van der Waals surface area contributed by atoms with Crippen LogP contribution in [-0.4, -0.2) is 16.3 Å². The second-order valence-electron chi connectivity index (χ2n) is 6.81. The zero-order valence-electron chi connectivity index (χ0n) is 15.1. The van der Waals surface area contributed by atoms with Crippen molar-refractivity contribution < 1.29 is 9.53 Å². The monoisotopic (exact) mass is 366 g/mol. The highest BCUT2D eigenvalue weighted by atomic mass is 16.5. The largest absolute Gasteiger partial charge is 0.463 e. The van der Waals surface area contributed by atoms with Crippen molar-refractivity contribution in [2.45, 2.75) is 12.3 Å². The third-order valence-corrected chi connectivity index (χ3v) is 5.17. The average Bonchev–Trinajstić information content (AvgIpc) is 2.78. The molecule has 0 unspecified atom stereocenters. The van der Waals surface area contributed by atoms with Crippen LogP contribution in [0.2, 0.25) is 0 Å². The maximum absolute atomic E-state index is 12.2. The summed E-state index contributed by atoms with van der Waals surface area (Å²) in [5.74, 6) is 0.735. The number of hydrogen-bond donors (Lipinski definition) is 0. The van der Waals surface area contributed by atoms with Crippen LogP contribution >= 0.6 is 0 Å². The van der Waals surface area contributed by atoms with Gasteiger partial charge in [-0.25, -0.2) is 0 Å². The van der Waals surface area contributed by atoms with Crippen LogP contribution in [-0.2, 0) is 4.79 Å². The number of carbonyl (C=O) groups excluding carboxylic acids is 1. The summed E-state index contributed by atoms with van der Waals surface area (Å²) in [5, 5.41) is 1.01. The van der Waals surface area contributed by atoms with Gasteiger partial charge in [0.05, 0.1) is 6.04 Å². The maximum atomic E-state index is 12.2. The molecule has 1 aliphatic rings. The number of nitrogens with zero attached hydrogens (tertiary/aromatic N) is 2. The second kappa shape index (κ2) is 6.82. The van der Waals surface area contributed by atoms with E-state index in [1.807, 2.05) is 84.9 Å². The molecule has 2 atom stereocenters. The minimum absolute atomic E-state index is 0.251. The van der Waals surface area contributed by atoms with Crippen LogP contribution in [0.5, 0.6) is 5.75 Å². The second-order valence-corrected chi connectivity index (χ2v) is 6.81. The third-order valence-electron chi connectivity index (χ3n) is 5.17. The predicted molar refractivity (Wildman–Crippen MR) is 108 cm³/mol. The van der Waals surface area contributed by atoms with Crippen LogP contribution < -0.4 is 4.74 Å². The molecule has 0 bridgehead atoms. The van der Waals surface area contributed by atoms with E-state index in [0.717, 1.165) is 39.8 Å². The Bertz CT molecular complexity index is 1130. The predicted octanol–water partition coefficient (Wildman–Crippen LogP) is 4.87. The fraction of sp³-hybridized carbons (Fsp3) is 0.0833. The molecule has 5 rings (SSSR count). The Morgan fingerprint density at radius 2 is 1.54 bits per heavy atom. The number of aromatic nitrogens is 1. The number of amides is 1. The topological polar surface area (TPSA) is 42.4 Å². The summed E-state index contributed by atoms with van der Waals surface area (Å²) in [7, 11) is 0. The first-order valence-electron chi connectivity index (χ1n) is 9.24. The zero-order valence-corrected chi connectivity index (χ0v) is 15.1. The molecule has 0 N–H and O–H groups in total. The molecule has 28 heavy (non-hydrogen) atoms. The lowest BCUT2D eigenvalue weighted by Gasteiger charge is -2.41. The molecular weight excluding hydrogens is 348 g/mol. The van der Waals surface area contributed by atoms with E-state index in [2.05, 4.69) is 4.98 Å². The Balaban J connectivity index is 1.77. The molecule has 1 amide bonds. The minimum atomic E-state index is -0.524. The van der Waals surface area contributed by atoms with Gasteiger partial charge in [-0.15, -0.1) is 0 Å². The highest BCUT2D eigenvalue weighted by Crippen LogP contribution is 2.46. The molecule has 2 heterocycles. The van der Waals surface area contributed by atoms with Crippen molar-refractivity contribution in [1.82, 2.24) is 9.88 Å². The van der Waals surface area contributed by atoms with E-state index in [1.54, 1.807) is 11.1 Å². The fourth-order valence-corrected chi connectivity index (χ4v) is 3.90. The lowest BCUT2D eigenvalue weighted by Crippen LogP contribution is -2.39.